The molecule has 9 heteroatoms. The highest BCUT2D eigenvalue weighted by Crippen LogP contribution is 2.44. The van der Waals surface area contributed by atoms with Crippen molar-refractivity contribution in [2.24, 2.45) is 5.92 Å². The Morgan fingerprint density at radius 1 is 0.950 bits per heavy atom. The van der Waals surface area contributed by atoms with Crippen LogP contribution in [-0.2, 0) is 17.7 Å². The first-order valence-electron chi connectivity index (χ1n) is 13.3. The van der Waals surface area contributed by atoms with Crippen molar-refractivity contribution in [1.29, 1.82) is 0 Å². The zero-order valence-corrected chi connectivity index (χ0v) is 22.6. The number of ether oxygens (including phenoxy) is 3. The number of piperidine rings is 1. The van der Waals surface area contributed by atoms with Crippen LogP contribution in [0.3, 0.4) is 0 Å². The summed E-state index contributed by atoms with van der Waals surface area (Å²) in [5.41, 5.74) is 0.684. The molecule has 0 saturated carbocycles. The Balaban J connectivity index is 1.40. The van der Waals surface area contributed by atoms with Gasteiger partial charge in [-0.1, -0.05) is 30.3 Å². The van der Waals surface area contributed by atoms with Gasteiger partial charge in [0, 0.05) is 18.5 Å². The van der Waals surface area contributed by atoms with Crippen LogP contribution in [0.25, 0.3) is 0 Å². The third kappa shape index (κ3) is 5.29. The highest BCUT2D eigenvalue weighted by atomic mass is 16.6. The van der Waals surface area contributed by atoms with Crippen molar-refractivity contribution < 1.29 is 39.1 Å². The number of carbonyl (C=O) groups excluding carboxylic acids is 2. The smallest absolute Gasteiger partial charge is 0.339 e. The number of methoxy groups -OCH3 is 2. The number of phenols is 3. The lowest BCUT2D eigenvalue weighted by Crippen LogP contribution is -2.45. The molecule has 2 aliphatic rings. The standard InChI is InChI=1S/C31H33NO8/c1-38-26-14-22-17-31(29(36)23(22)15-27(26)39-2,40-30(37)21-12-24(33)28(35)25(34)13-21)16-19-8-10-32(11-9-19)18-20-6-4-3-5-7-20/h3-7,12-15,19,33-35H,8-11,16-18H2,1-2H3. The molecule has 0 radical (unpaired) electrons. The minimum absolute atomic E-state index is 0.128. The molecule has 0 aromatic heterocycles. The van der Waals surface area contributed by atoms with Gasteiger partial charge in [0.25, 0.3) is 0 Å². The summed E-state index contributed by atoms with van der Waals surface area (Å²) in [7, 11) is 3.01. The van der Waals surface area contributed by atoms with Crippen molar-refractivity contribution in [3.05, 3.63) is 76.9 Å². The second-order valence-corrected chi connectivity index (χ2v) is 10.5. The first-order chi connectivity index (χ1) is 19.2. The van der Waals surface area contributed by atoms with E-state index in [0.29, 0.717) is 29.0 Å². The van der Waals surface area contributed by atoms with E-state index in [1.807, 2.05) is 18.2 Å². The first-order valence-corrected chi connectivity index (χ1v) is 13.3. The summed E-state index contributed by atoms with van der Waals surface area (Å²) in [4.78, 5) is 29.7. The normalized spacial score (nSPS) is 19.3. The van der Waals surface area contributed by atoms with Crippen LogP contribution in [0.2, 0.25) is 0 Å². The van der Waals surface area contributed by atoms with Crippen molar-refractivity contribution in [2.45, 2.75) is 37.8 Å². The van der Waals surface area contributed by atoms with Crippen LogP contribution < -0.4 is 9.47 Å². The molecule has 1 atom stereocenters. The summed E-state index contributed by atoms with van der Waals surface area (Å²) >= 11 is 0. The average molecular weight is 548 g/mol. The van der Waals surface area contributed by atoms with Crippen LogP contribution >= 0.6 is 0 Å². The molecule has 0 amide bonds. The van der Waals surface area contributed by atoms with Crippen molar-refractivity contribution in [2.75, 3.05) is 27.3 Å². The van der Waals surface area contributed by atoms with E-state index in [-0.39, 0.29) is 23.7 Å². The number of aromatic hydroxyl groups is 3. The zero-order valence-electron chi connectivity index (χ0n) is 22.6. The second-order valence-electron chi connectivity index (χ2n) is 10.5. The van der Waals surface area contributed by atoms with Gasteiger partial charge in [-0.3, -0.25) is 9.69 Å². The van der Waals surface area contributed by atoms with E-state index in [1.54, 1.807) is 12.1 Å². The number of Topliss-reactive ketones (excluding diaryl/α,β-unsaturated/α-hetero) is 1. The Labute approximate surface area is 232 Å². The summed E-state index contributed by atoms with van der Waals surface area (Å²) in [5, 5.41) is 29.6. The van der Waals surface area contributed by atoms with E-state index in [2.05, 4.69) is 17.0 Å². The Morgan fingerprint density at radius 3 is 2.20 bits per heavy atom. The number of hydrogen-bond acceptors (Lipinski definition) is 9. The van der Waals surface area contributed by atoms with Crippen LogP contribution in [0.15, 0.2) is 54.6 Å². The number of fused-ring (bicyclic) bond motifs is 1. The SMILES string of the molecule is COc1cc2c(cc1OC)C(=O)C(CC1CCN(Cc3ccccc3)CC1)(OC(=O)c1cc(O)c(O)c(O)c1)C2. The summed E-state index contributed by atoms with van der Waals surface area (Å²) in [5.74, 6) is -2.27. The number of likely N-dealkylation sites (tertiary alicyclic amines) is 1. The molecule has 0 spiro atoms. The van der Waals surface area contributed by atoms with Crippen molar-refractivity contribution in [1.82, 2.24) is 4.90 Å². The van der Waals surface area contributed by atoms with E-state index in [0.717, 1.165) is 44.6 Å². The van der Waals surface area contributed by atoms with Gasteiger partial charge in [0.2, 0.25) is 5.78 Å². The lowest BCUT2D eigenvalue weighted by molar-refractivity contribution is -0.0197. The molecular formula is C31H33NO8. The fraction of sp³-hybridized carbons (Fsp3) is 0.355. The number of nitrogens with zero attached hydrogens (tertiary/aromatic N) is 1. The van der Waals surface area contributed by atoms with Gasteiger partial charge in [-0.05, 0) is 73.7 Å². The third-order valence-electron chi connectivity index (χ3n) is 7.91. The zero-order chi connectivity index (χ0) is 28.4. The van der Waals surface area contributed by atoms with Crippen LogP contribution in [0.1, 0.15) is 51.1 Å². The minimum atomic E-state index is -1.48. The molecular weight excluding hydrogens is 514 g/mol. The lowest BCUT2D eigenvalue weighted by Gasteiger charge is -2.36. The number of benzene rings is 3. The molecule has 210 valence electrons. The predicted molar refractivity (Wildman–Crippen MR) is 146 cm³/mol. The van der Waals surface area contributed by atoms with E-state index < -0.39 is 28.8 Å². The molecule has 1 unspecified atom stereocenters. The third-order valence-corrected chi connectivity index (χ3v) is 7.91. The van der Waals surface area contributed by atoms with Gasteiger partial charge in [-0.15, -0.1) is 0 Å². The molecule has 5 rings (SSSR count). The fourth-order valence-electron chi connectivity index (χ4n) is 5.82. The summed E-state index contributed by atoms with van der Waals surface area (Å²) in [6.45, 7) is 2.56. The molecule has 1 aliphatic heterocycles. The van der Waals surface area contributed by atoms with E-state index in [4.69, 9.17) is 14.2 Å². The Bertz CT molecular complexity index is 1390. The first kappa shape index (κ1) is 27.3. The molecule has 40 heavy (non-hydrogen) atoms. The van der Waals surface area contributed by atoms with Gasteiger partial charge in [0.1, 0.15) is 0 Å². The largest absolute Gasteiger partial charge is 0.504 e. The highest BCUT2D eigenvalue weighted by Gasteiger charge is 2.51. The molecule has 3 aromatic rings. The summed E-state index contributed by atoms with van der Waals surface area (Å²) in [6, 6.07) is 15.6. The molecule has 1 saturated heterocycles. The maximum Gasteiger partial charge on any atom is 0.339 e. The number of hydrogen-bond donors (Lipinski definition) is 3. The maximum absolute atomic E-state index is 14.0. The average Bonchev–Trinajstić information content (AvgIpc) is 3.21. The molecule has 3 N–H and O–H groups in total. The lowest BCUT2D eigenvalue weighted by atomic mass is 9.82. The molecule has 9 nitrogen and oxygen atoms in total. The molecule has 0 bridgehead atoms. The summed E-state index contributed by atoms with van der Waals surface area (Å²) in [6.07, 6.45) is 2.16. The monoisotopic (exact) mass is 547 g/mol. The van der Waals surface area contributed by atoms with E-state index in [9.17, 15) is 24.9 Å². The number of rotatable bonds is 8. The Kier molecular flexibility index (Phi) is 7.58. The van der Waals surface area contributed by atoms with Gasteiger partial charge in [-0.2, -0.15) is 0 Å². The maximum atomic E-state index is 14.0. The van der Waals surface area contributed by atoms with Crippen molar-refractivity contribution in [3.63, 3.8) is 0 Å². The van der Waals surface area contributed by atoms with E-state index in [1.165, 1.54) is 19.8 Å². The number of carbonyl (C=O) groups is 2. The Hall–Kier alpha value is -4.24. The van der Waals surface area contributed by atoms with Crippen LogP contribution in [-0.4, -0.2) is 64.9 Å². The van der Waals surface area contributed by atoms with Gasteiger partial charge in [0.15, 0.2) is 34.3 Å². The van der Waals surface area contributed by atoms with Gasteiger partial charge < -0.3 is 29.5 Å². The van der Waals surface area contributed by atoms with Gasteiger partial charge in [0.05, 0.1) is 19.8 Å². The van der Waals surface area contributed by atoms with Crippen LogP contribution in [0.4, 0.5) is 0 Å². The van der Waals surface area contributed by atoms with Crippen molar-refractivity contribution >= 4 is 11.8 Å². The van der Waals surface area contributed by atoms with Gasteiger partial charge in [-0.25, -0.2) is 4.79 Å². The van der Waals surface area contributed by atoms with Crippen LogP contribution in [0, 0.1) is 5.92 Å². The summed E-state index contributed by atoms with van der Waals surface area (Å²) < 4.78 is 16.9. The number of ketones is 1. The molecule has 3 aromatic carbocycles. The predicted octanol–water partition coefficient (Wildman–Crippen LogP) is 4.46. The van der Waals surface area contributed by atoms with Crippen molar-refractivity contribution in [3.8, 4) is 28.7 Å². The van der Waals surface area contributed by atoms with Gasteiger partial charge >= 0.3 is 5.97 Å². The quantitative estimate of drug-likeness (QED) is 0.277. The fourth-order valence-corrected chi connectivity index (χ4v) is 5.82. The molecule has 1 heterocycles. The minimum Gasteiger partial charge on any atom is -0.504 e. The molecule has 1 aliphatic carbocycles. The highest BCUT2D eigenvalue weighted by molar-refractivity contribution is 6.09. The van der Waals surface area contributed by atoms with E-state index >= 15 is 0 Å². The number of phenolic OH excluding ortho intramolecular Hbond substituents is 3. The Morgan fingerprint density at radius 2 is 1.57 bits per heavy atom. The van der Waals surface area contributed by atoms with Crippen LogP contribution in [0.5, 0.6) is 28.7 Å². The molecule has 1 fully saturated rings. The number of esters is 1. The topological polar surface area (TPSA) is 126 Å². The second kappa shape index (κ2) is 11.1.